The van der Waals surface area contributed by atoms with Crippen molar-refractivity contribution in [1.29, 1.82) is 0 Å². The van der Waals surface area contributed by atoms with Crippen molar-refractivity contribution in [2.75, 3.05) is 11.4 Å². The molecule has 0 spiro atoms. The number of halogens is 2. The van der Waals surface area contributed by atoms with Crippen LogP contribution in [0.4, 0.5) is 5.69 Å². The third-order valence-electron chi connectivity index (χ3n) is 3.13. The lowest BCUT2D eigenvalue weighted by Crippen LogP contribution is -2.31. The number of anilines is 1. The molecule has 0 saturated heterocycles. The normalized spacial score (nSPS) is 10.4. The molecule has 2 aromatic carbocycles. The zero-order valence-corrected chi connectivity index (χ0v) is 13.7. The number of nitrogens with zero attached hydrogens (tertiary/aromatic N) is 1. The van der Waals surface area contributed by atoms with Gasteiger partial charge in [-0.15, -0.1) is 0 Å². The molecule has 0 atom stereocenters. The number of carbonyl (C=O) groups excluding carboxylic acids is 1. The first-order valence-electron chi connectivity index (χ1n) is 6.37. The van der Waals surface area contributed by atoms with Gasteiger partial charge in [0, 0.05) is 16.7 Å². The Hall–Kier alpha value is -1.32. The van der Waals surface area contributed by atoms with Crippen LogP contribution in [-0.4, -0.2) is 12.5 Å². The second-order valence-corrected chi connectivity index (χ2v) is 5.78. The Labute approximate surface area is 132 Å². The van der Waals surface area contributed by atoms with Gasteiger partial charge in [-0.3, -0.25) is 4.79 Å². The van der Waals surface area contributed by atoms with Crippen LogP contribution in [-0.2, 0) is 0 Å². The van der Waals surface area contributed by atoms with Crippen LogP contribution >= 0.6 is 27.5 Å². The molecule has 0 unspecified atom stereocenters. The number of hydrogen-bond donors (Lipinski definition) is 0. The van der Waals surface area contributed by atoms with Gasteiger partial charge < -0.3 is 4.90 Å². The zero-order chi connectivity index (χ0) is 14.7. The van der Waals surface area contributed by atoms with E-state index in [1.165, 1.54) is 0 Å². The molecular weight excluding hydrogens is 338 g/mol. The predicted molar refractivity (Wildman–Crippen MR) is 87.7 cm³/mol. The van der Waals surface area contributed by atoms with E-state index in [9.17, 15) is 4.79 Å². The molecule has 0 fully saturated rings. The van der Waals surface area contributed by atoms with Crippen molar-refractivity contribution >= 4 is 39.1 Å². The lowest BCUT2D eigenvalue weighted by Gasteiger charge is -2.23. The average molecular weight is 353 g/mol. The Kier molecular flexibility index (Phi) is 4.84. The smallest absolute Gasteiger partial charge is 0.259 e. The van der Waals surface area contributed by atoms with Gasteiger partial charge in [0.05, 0.1) is 10.6 Å². The van der Waals surface area contributed by atoms with E-state index in [2.05, 4.69) is 15.9 Å². The number of hydrogen-bond acceptors (Lipinski definition) is 1. The predicted octanol–water partition coefficient (Wildman–Crippen LogP) is 5.08. The Morgan fingerprint density at radius 1 is 1.25 bits per heavy atom. The molecule has 2 nitrogen and oxygen atoms in total. The molecule has 0 bridgehead atoms. The Morgan fingerprint density at radius 2 is 1.95 bits per heavy atom. The van der Waals surface area contributed by atoms with Crippen LogP contribution in [0.5, 0.6) is 0 Å². The molecule has 2 aromatic rings. The molecule has 20 heavy (non-hydrogen) atoms. The van der Waals surface area contributed by atoms with Crippen LogP contribution in [0.3, 0.4) is 0 Å². The number of amides is 1. The van der Waals surface area contributed by atoms with Crippen LogP contribution in [0.2, 0.25) is 5.02 Å². The molecule has 0 aliphatic heterocycles. The minimum absolute atomic E-state index is 0.0897. The summed E-state index contributed by atoms with van der Waals surface area (Å²) in [5, 5.41) is 0.463. The lowest BCUT2D eigenvalue weighted by molar-refractivity contribution is 0.0988. The first-order chi connectivity index (χ1) is 9.54. The summed E-state index contributed by atoms with van der Waals surface area (Å²) in [5.74, 6) is -0.0897. The number of carbonyl (C=O) groups is 1. The molecule has 4 heteroatoms. The number of para-hydroxylation sites is 1. The molecule has 0 radical (unpaired) electrons. The quantitative estimate of drug-likeness (QED) is 0.754. The van der Waals surface area contributed by atoms with E-state index in [0.717, 1.165) is 15.7 Å². The summed E-state index contributed by atoms with van der Waals surface area (Å²) in [7, 11) is 0. The Balaban J connectivity index is 2.45. The maximum atomic E-state index is 12.7. The summed E-state index contributed by atoms with van der Waals surface area (Å²) in [6, 6.07) is 13.1. The first kappa shape index (κ1) is 15.1. The monoisotopic (exact) mass is 351 g/mol. The SMILES string of the molecule is CCN(C(=O)c1cc(Br)ccc1Cl)c1ccccc1C. The second kappa shape index (κ2) is 6.42. The van der Waals surface area contributed by atoms with E-state index in [1.54, 1.807) is 17.0 Å². The van der Waals surface area contributed by atoms with E-state index in [4.69, 9.17) is 11.6 Å². The number of rotatable bonds is 3. The van der Waals surface area contributed by atoms with Gasteiger partial charge in [0.1, 0.15) is 0 Å². The maximum absolute atomic E-state index is 12.7. The standard InChI is InChI=1S/C16H15BrClNO/c1-3-19(15-7-5-4-6-11(15)2)16(20)13-10-12(17)8-9-14(13)18/h4-10H,3H2,1-2H3. The van der Waals surface area contributed by atoms with Crippen molar-refractivity contribution in [2.24, 2.45) is 0 Å². The van der Waals surface area contributed by atoms with Gasteiger partial charge in [0.2, 0.25) is 0 Å². The minimum atomic E-state index is -0.0897. The van der Waals surface area contributed by atoms with E-state index >= 15 is 0 Å². The average Bonchev–Trinajstić information content (AvgIpc) is 2.44. The highest BCUT2D eigenvalue weighted by atomic mass is 79.9. The topological polar surface area (TPSA) is 20.3 Å². The van der Waals surface area contributed by atoms with Gasteiger partial charge in [0.25, 0.3) is 5.91 Å². The summed E-state index contributed by atoms with van der Waals surface area (Å²) in [6.07, 6.45) is 0. The van der Waals surface area contributed by atoms with Crippen LogP contribution in [0.25, 0.3) is 0 Å². The lowest BCUT2D eigenvalue weighted by atomic mass is 10.1. The summed E-state index contributed by atoms with van der Waals surface area (Å²) in [4.78, 5) is 14.5. The second-order valence-electron chi connectivity index (χ2n) is 4.46. The van der Waals surface area contributed by atoms with E-state index in [1.807, 2.05) is 44.2 Å². The molecule has 0 aromatic heterocycles. The summed E-state index contributed by atoms with van der Waals surface area (Å²) >= 11 is 9.53. The third kappa shape index (κ3) is 3.05. The molecule has 0 heterocycles. The summed E-state index contributed by atoms with van der Waals surface area (Å²) in [6.45, 7) is 4.54. The van der Waals surface area contributed by atoms with Gasteiger partial charge in [-0.05, 0) is 43.7 Å². The van der Waals surface area contributed by atoms with Crippen molar-refractivity contribution in [3.8, 4) is 0 Å². The highest BCUT2D eigenvalue weighted by Gasteiger charge is 2.20. The number of aryl methyl sites for hydroxylation is 1. The highest BCUT2D eigenvalue weighted by molar-refractivity contribution is 9.10. The van der Waals surface area contributed by atoms with Crippen molar-refractivity contribution < 1.29 is 4.79 Å². The van der Waals surface area contributed by atoms with Gasteiger partial charge >= 0.3 is 0 Å². The highest BCUT2D eigenvalue weighted by Crippen LogP contribution is 2.26. The fourth-order valence-electron chi connectivity index (χ4n) is 2.10. The third-order valence-corrected chi connectivity index (χ3v) is 3.95. The molecule has 0 aliphatic carbocycles. The fourth-order valence-corrected chi connectivity index (χ4v) is 2.66. The molecule has 0 aliphatic rings. The van der Waals surface area contributed by atoms with Crippen LogP contribution in [0.1, 0.15) is 22.8 Å². The molecular formula is C16H15BrClNO. The van der Waals surface area contributed by atoms with E-state index < -0.39 is 0 Å². The van der Waals surface area contributed by atoms with Gasteiger partial charge in [-0.25, -0.2) is 0 Å². The van der Waals surface area contributed by atoms with Crippen molar-refractivity contribution in [1.82, 2.24) is 0 Å². The number of benzene rings is 2. The molecule has 1 amide bonds. The molecule has 0 N–H and O–H groups in total. The van der Waals surface area contributed by atoms with Gasteiger partial charge in [-0.2, -0.15) is 0 Å². The van der Waals surface area contributed by atoms with Crippen LogP contribution < -0.4 is 4.90 Å². The summed E-state index contributed by atoms with van der Waals surface area (Å²) < 4.78 is 0.839. The minimum Gasteiger partial charge on any atom is -0.308 e. The zero-order valence-electron chi connectivity index (χ0n) is 11.4. The largest absolute Gasteiger partial charge is 0.308 e. The van der Waals surface area contributed by atoms with Crippen molar-refractivity contribution in [3.05, 3.63) is 63.1 Å². The molecule has 2 rings (SSSR count). The van der Waals surface area contributed by atoms with Crippen LogP contribution in [0.15, 0.2) is 46.9 Å². The fraction of sp³-hybridized carbons (Fsp3) is 0.188. The Bertz CT molecular complexity index is 642. The first-order valence-corrected chi connectivity index (χ1v) is 7.54. The molecule has 0 saturated carbocycles. The van der Waals surface area contributed by atoms with Crippen molar-refractivity contribution in [2.45, 2.75) is 13.8 Å². The van der Waals surface area contributed by atoms with Crippen molar-refractivity contribution in [3.63, 3.8) is 0 Å². The Morgan fingerprint density at radius 3 is 2.60 bits per heavy atom. The van der Waals surface area contributed by atoms with Crippen LogP contribution in [0, 0.1) is 6.92 Å². The molecule has 104 valence electrons. The maximum Gasteiger partial charge on any atom is 0.259 e. The van der Waals surface area contributed by atoms with E-state index in [0.29, 0.717) is 17.1 Å². The summed E-state index contributed by atoms with van der Waals surface area (Å²) in [5.41, 5.74) is 2.48. The van der Waals surface area contributed by atoms with E-state index in [-0.39, 0.29) is 5.91 Å². The van der Waals surface area contributed by atoms with Gasteiger partial charge in [0.15, 0.2) is 0 Å². The van der Waals surface area contributed by atoms with Gasteiger partial charge in [-0.1, -0.05) is 45.7 Å².